The molecule has 3 aromatic rings. The monoisotopic (exact) mass is 508 g/mol. The Labute approximate surface area is 217 Å². The zero-order valence-electron chi connectivity index (χ0n) is 19.6. The highest BCUT2D eigenvalue weighted by atomic mass is 35.5. The van der Waals surface area contributed by atoms with Gasteiger partial charge in [0, 0.05) is 30.9 Å². The summed E-state index contributed by atoms with van der Waals surface area (Å²) >= 11 is 6.28. The zero-order valence-corrected chi connectivity index (χ0v) is 20.3. The second-order valence-electron chi connectivity index (χ2n) is 8.75. The van der Waals surface area contributed by atoms with Gasteiger partial charge >= 0.3 is 0 Å². The third kappa shape index (κ3) is 6.73. The van der Waals surface area contributed by atoms with Gasteiger partial charge in [-0.15, -0.1) is 0 Å². The van der Waals surface area contributed by atoms with E-state index in [1.54, 1.807) is 24.1 Å². The van der Waals surface area contributed by atoms with Crippen molar-refractivity contribution in [1.82, 2.24) is 14.9 Å². The molecule has 1 fully saturated rings. The normalized spacial score (nSPS) is 16.6. The number of carbonyl (C=O) groups excluding carboxylic acids is 2. The fourth-order valence-corrected chi connectivity index (χ4v) is 4.41. The second-order valence-corrected chi connectivity index (χ2v) is 9.15. The van der Waals surface area contributed by atoms with Gasteiger partial charge in [0.2, 0.25) is 11.9 Å². The van der Waals surface area contributed by atoms with Gasteiger partial charge in [-0.2, -0.15) is 4.98 Å². The maximum absolute atomic E-state index is 12.8. The molecule has 0 unspecified atom stereocenters. The standard InChI is InChI=1S/C26H29ClN6O2.CH4/c1-33(15-14-17-6-3-2-4-7-17)25(35)18-10-12-19(13-11-18)30-26-29-16-21(27)24(32-26)31-22-9-5-8-20(22)23(28)34;/h2-4,6-7,10-13,16,20,22H,5,8-9,14-15H2,1H3,(H2,28,34)(H2,29,30,31,32);1H4/t20-,22+;/m0./s1. The third-order valence-electron chi connectivity index (χ3n) is 6.26. The van der Waals surface area contributed by atoms with E-state index in [-0.39, 0.29) is 31.2 Å². The largest absolute Gasteiger partial charge is 0.369 e. The molecule has 4 N–H and O–H groups in total. The summed E-state index contributed by atoms with van der Waals surface area (Å²) in [4.78, 5) is 34.9. The summed E-state index contributed by atoms with van der Waals surface area (Å²) in [6, 6.07) is 17.2. The third-order valence-corrected chi connectivity index (χ3v) is 6.54. The molecule has 1 aromatic heterocycles. The molecule has 9 heteroatoms. The first-order valence-corrected chi connectivity index (χ1v) is 12.0. The van der Waals surface area contributed by atoms with Gasteiger partial charge in [0.15, 0.2) is 5.82 Å². The molecule has 1 saturated carbocycles. The van der Waals surface area contributed by atoms with Crippen LogP contribution in [0, 0.1) is 5.92 Å². The number of amides is 2. The van der Waals surface area contributed by atoms with Crippen LogP contribution in [-0.2, 0) is 11.2 Å². The molecular weight excluding hydrogens is 476 g/mol. The number of primary amides is 1. The van der Waals surface area contributed by atoms with Crippen LogP contribution >= 0.6 is 11.6 Å². The van der Waals surface area contributed by atoms with E-state index in [4.69, 9.17) is 17.3 Å². The molecular formula is C27H33ClN6O2. The Bertz CT molecular complexity index is 1170. The predicted molar refractivity (Wildman–Crippen MR) is 145 cm³/mol. The molecule has 0 aliphatic heterocycles. The van der Waals surface area contributed by atoms with Crippen LogP contribution < -0.4 is 16.4 Å². The van der Waals surface area contributed by atoms with Crippen molar-refractivity contribution in [3.63, 3.8) is 0 Å². The summed E-state index contributed by atoms with van der Waals surface area (Å²) in [5, 5.41) is 6.75. The first-order valence-electron chi connectivity index (χ1n) is 11.7. The highest BCUT2D eigenvalue weighted by Gasteiger charge is 2.32. The summed E-state index contributed by atoms with van der Waals surface area (Å²) in [5.74, 6) is 0.207. The molecule has 0 bridgehead atoms. The summed E-state index contributed by atoms with van der Waals surface area (Å²) in [6.07, 6.45) is 4.81. The Morgan fingerprint density at radius 2 is 1.83 bits per heavy atom. The lowest BCUT2D eigenvalue weighted by Crippen LogP contribution is -2.34. The smallest absolute Gasteiger partial charge is 0.253 e. The number of rotatable bonds is 9. The zero-order chi connectivity index (χ0) is 24.8. The van der Waals surface area contributed by atoms with Crippen LogP contribution in [0.3, 0.4) is 0 Å². The van der Waals surface area contributed by atoms with Crippen molar-refractivity contribution in [1.29, 1.82) is 0 Å². The number of carbonyl (C=O) groups is 2. The van der Waals surface area contributed by atoms with Crippen LogP contribution in [0.25, 0.3) is 0 Å². The SMILES string of the molecule is C.CN(CCc1ccccc1)C(=O)c1ccc(Nc2ncc(Cl)c(N[C@@H]3CCC[C@@H]3C(N)=O)n2)cc1. The minimum atomic E-state index is -0.316. The maximum atomic E-state index is 12.8. The van der Waals surface area contributed by atoms with Gasteiger partial charge in [-0.25, -0.2) is 4.98 Å². The Hall–Kier alpha value is -3.65. The highest BCUT2D eigenvalue weighted by molar-refractivity contribution is 6.32. The minimum absolute atomic E-state index is 0. The number of likely N-dealkylation sites (N-methyl/N-ethyl adjacent to an activating group) is 1. The average molecular weight is 509 g/mol. The van der Waals surface area contributed by atoms with Crippen molar-refractivity contribution >= 4 is 40.9 Å². The lowest BCUT2D eigenvalue weighted by Gasteiger charge is -2.20. The summed E-state index contributed by atoms with van der Waals surface area (Å²) in [6.45, 7) is 0.634. The number of anilines is 3. The Morgan fingerprint density at radius 3 is 2.53 bits per heavy atom. The average Bonchev–Trinajstić information content (AvgIpc) is 3.34. The molecule has 1 aliphatic rings. The van der Waals surface area contributed by atoms with Gasteiger partial charge in [0.25, 0.3) is 5.91 Å². The molecule has 8 nitrogen and oxygen atoms in total. The fraction of sp³-hybridized carbons (Fsp3) is 0.333. The van der Waals surface area contributed by atoms with Crippen molar-refractivity contribution in [3.8, 4) is 0 Å². The van der Waals surface area contributed by atoms with Crippen LogP contribution in [0.2, 0.25) is 5.02 Å². The van der Waals surface area contributed by atoms with Crippen LogP contribution in [0.1, 0.15) is 42.6 Å². The fourth-order valence-electron chi connectivity index (χ4n) is 4.27. The second kappa shape index (κ2) is 12.4. The van der Waals surface area contributed by atoms with Crippen molar-refractivity contribution in [2.24, 2.45) is 11.7 Å². The number of nitrogens with two attached hydrogens (primary N) is 1. The molecule has 0 saturated heterocycles. The summed E-state index contributed by atoms with van der Waals surface area (Å²) in [7, 11) is 1.81. The highest BCUT2D eigenvalue weighted by Crippen LogP contribution is 2.30. The molecule has 36 heavy (non-hydrogen) atoms. The maximum Gasteiger partial charge on any atom is 0.253 e. The number of nitrogens with zero attached hydrogens (tertiary/aromatic N) is 3. The topological polar surface area (TPSA) is 113 Å². The number of aromatic nitrogens is 2. The van der Waals surface area contributed by atoms with E-state index in [0.29, 0.717) is 28.9 Å². The lowest BCUT2D eigenvalue weighted by atomic mass is 10.0. The van der Waals surface area contributed by atoms with Crippen molar-refractivity contribution < 1.29 is 9.59 Å². The van der Waals surface area contributed by atoms with Gasteiger partial charge in [0.05, 0.1) is 12.1 Å². The Kier molecular flexibility index (Phi) is 9.25. The summed E-state index contributed by atoms with van der Waals surface area (Å²) in [5.41, 5.74) is 8.05. The van der Waals surface area contributed by atoms with Crippen molar-refractivity contribution in [2.75, 3.05) is 24.2 Å². The first-order chi connectivity index (χ1) is 16.9. The molecule has 190 valence electrons. The molecule has 2 amide bonds. The van der Waals surface area contributed by atoms with E-state index >= 15 is 0 Å². The minimum Gasteiger partial charge on any atom is -0.369 e. The molecule has 4 rings (SSSR count). The quantitative estimate of drug-likeness (QED) is 0.379. The number of hydrogen-bond donors (Lipinski definition) is 3. The van der Waals surface area contributed by atoms with Crippen LogP contribution in [-0.4, -0.2) is 46.3 Å². The molecule has 2 atom stereocenters. The van der Waals surface area contributed by atoms with Crippen LogP contribution in [0.4, 0.5) is 17.5 Å². The van der Waals surface area contributed by atoms with Crippen molar-refractivity contribution in [3.05, 3.63) is 76.9 Å². The molecule has 0 radical (unpaired) electrons. The van der Waals surface area contributed by atoms with Gasteiger partial charge in [-0.1, -0.05) is 55.8 Å². The van der Waals surface area contributed by atoms with Gasteiger partial charge in [-0.05, 0) is 49.1 Å². The lowest BCUT2D eigenvalue weighted by molar-refractivity contribution is -0.121. The molecule has 1 heterocycles. The number of halogens is 1. The first kappa shape index (κ1) is 26.9. The van der Waals surface area contributed by atoms with Gasteiger partial charge in [-0.3, -0.25) is 9.59 Å². The molecule has 1 aliphatic carbocycles. The van der Waals surface area contributed by atoms with E-state index in [1.807, 2.05) is 30.3 Å². The number of benzene rings is 2. The van der Waals surface area contributed by atoms with Gasteiger partial charge in [0.1, 0.15) is 5.02 Å². The van der Waals surface area contributed by atoms with E-state index in [1.165, 1.54) is 11.8 Å². The number of hydrogen-bond acceptors (Lipinski definition) is 6. The van der Waals surface area contributed by atoms with Crippen molar-refractivity contribution in [2.45, 2.75) is 39.2 Å². The number of nitrogens with one attached hydrogen (secondary N) is 2. The Morgan fingerprint density at radius 1 is 1.11 bits per heavy atom. The van der Waals surface area contributed by atoms with E-state index in [0.717, 1.165) is 31.4 Å². The Balaban J connectivity index is 0.00000361. The van der Waals surface area contributed by atoms with Crippen LogP contribution in [0.15, 0.2) is 60.8 Å². The molecule has 0 spiro atoms. The van der Waals surface area contributed by atoms with Gasteiger partial charge < -0.3 is 21.3 Å². The molecule has 2 aromatic carbocycles. The van der Waals surface area contributed by atoms with E-state index in [9.17, 15) is 9.59 Å². The summed E-state index contributed by atoms with van der Waals surface area (Å²) < 4.78 is 0. The predicted octanol–water partition coefficient (Wildman–Crippen LogP) is 4.89. The van der Waals surface area contributed by atoms with Crippen LogP contribution in [0.5, 0.6) is 0 Å². The van der Waals surface area contributed by atoms with E-state index in [2.05, 4.69) is 32.7 Å². The van der Waals surface area contributed by atoms with E-state index < -0.39 is 0 Å².